The van der Waals surface area contributed by atoms with Crippen LogP contribution in [0.2, 0.25) is 0 Å². The molecule has 1 N–H and O–H groups in total. The standard InChI is InChI=1S/C14H14N2O4S/c1-21(18,19)11-4-2-3-10(7-11)15-14(17)12-8-13(20-16-12)9-5-6-9/h2-4,7-9H,5-6H2,1H3,(H,15,17). The van der Waals surface area contributed by atoms with Gasteiger partial charge in [-0.2, -0.15) is 0 Å². The summed E-state index contributed by atoms with van der Waals surface area (Å²) < 4.78 is 28.1. The summed E-state index contributed by atoms with van der Waals surface area (Å²) in [6, 6.07) is 7.72. The van der Waals surface area contributed by atoms with E-state index in [4.69, 9.17) is 4.52 Å². The van der Waals surface area contributed by atoms with Gasteiger partial charge in [-0.25, -0.2) is 8.42 Å². The average Bonchev–Trinajstić information content (AvgIpc) is 3.15. The predicted molar refractivity (Wildman–Crippen MR) is 76.0 cm³/mol. The van der Waals surface area contributed by atoms with Crippen molar-refractivity contribution in [2.45, 2.75) is 23.7 Å². The summed E-state index contributed by atoms with van der Waals surface area (Å²) in [4.78, 5) is 12.2. The Labute approximate surface area is 122 Å². The monoisotopic (exact) mass is 306 g/mol. The van der Waals surface area contributed by atoms with Crippen LogP contribution in [-0.4, -0.2) is 25.7 Å². The number of hydrogen-bond acceptors (Lipinski definition) is 5. The molecule has 1 aliphatic rings. The summed E-state index contributed by atoms with van der Waals surface area (Å²) in [6.07, 6.45) is 3.24. The molecule has 0 radical (unpaired) electrons. The van der Waals surface area contributed by atoms with E-state index in [2.05, 4.69) is 10.5 Å². The Morgan fingerprint density at radius 3 is 2.76 bits per heavy atom. The Kier molecular flexibility index (Phi) is 3.29. The topological polar surface area (TPSA) is 89.3 Å². The summed E-state index contributed by atoms with van der Waals surface area (Å²) in [5.41, 5.74) is 0.598. The first kappa shape index (κ1) is 13.8. The maximum Gasteiger partial charge on any atom is 0.277 e. The number of carbonyl (C=O) groups excluding carboxylic acids is 1. The number of hydrogen-bond donors (Lipinski definition) is 1. The minimum Gasteiger partial charge on any atom is -0.360 e. The van der Waals surface area contributed by atoms with E-state index < -0.39 is 15.7 Å². The molecule has 2 aromatic rings. The molecule has 1 aliphatic carbocycles. The molecule has 0 atom stereocenters. The summed E-state index contributed by atoms with van der Waals surface area (Å²) >= 11 is 0. The number of sulfone groups is 1. The van der Waals surface area contributed by atoms with Gasteiger partial charge in [0.2, 0.25) is 0 Å². The predicted octanol–water partition coefficient (Wildman–Crippen LogP) is 2.21. The van der Waals surface area contributed by atoms with E-state index in [9.17, 15) is 13.2 Å². The highest BCUT2D eigenvalue weighted by molar-refractivity contribution is 7.90. The Morgan fingerprint density at radius 2 is 2.10 bits per heavy atom. The lowest BCUT2D eigenvalue weighted by Gasteiger charge is -2.04. The first-order valence-corrected chi connectivity index (χ1v) is 8.41. The van der Waals surface area contributed by atoms with Gasteiger partial charge in [-0.05, 0) is 31.0 Å². The van der Waals surface area contributed by atoms with Crippen LogP contribution in [0.15, 0.2) is 39.8 Å². The van der Waals surface area contributed by atoms with Gasteiger partial charge in [0.25, 0.3) is 5.91 Å². The van der Waals surface area contributed by atoms with Crippen molar-refractivity contribution in [2.24, 2.45) is 0 Å². The van der Waals surface area contributed by atoms with Gasteiger partial charge in [0.05, 0.1) is 4.90 Å². The highest BCUT2D eigenvalue weighted by Gasteiger charge is 2.28. The van der Waals surface area contributed by atoms with E-state index in [1.165, 1.54) is 12.1 Å². The molecule has 3 rings (SSSR count). The van der Waals surface area contributed by atoms with Gasteiger partial charge in [-0.1, -0.05) is 11.2 Å². The second-order valence-corrected chi connectivity index (χ2v) is 7.16. The third kappa shape index (κ3) is 3.13. The molecule has 1 amide bonds. The molecule has 1 fully saturated rings. The average molecular weight is 306 g/mol. The molecule has 110 valence electrons. The molecule has 1 aromatic heterocycles. The molecule has 0 aliphatic heterocycles. The normalized spacial score (nSPS) is 14.9. The summed E-state index contributed by atoms with van der Waals surface area (Å²) in [6.45, 7) is 0. The van der Waals surface area contributed by atoms with Crippen molar-refractivity contribution in [3.8, 4) is 0 Å². The van der Waals surface area contributed by atoms with Crippen molar-refractivity contribution < 1.29 is 17.7 Å². The minimum absolute atomic E-state index is 0.152. The fourth-order valence-electron chi connectivity index (χ4n) is 1.96. The van der Waals surface area contributed by atoms with Crippen LogP contribution in [0.25, 0.3) is 0 Å². The lowest BCUT2D eigenvalue weighted by molar-refractivity contribution is 0.101. The third-order valence-corrected chi connectivity index (χ3v) is 4.37. The third-order valence-electron chi connectivity index (χ3n) is 3.26. The molecule has 0 spiro atoms. The number of nitrogens with zero attached hydrogens (tertiary/aromatic N) is 1. The van der Waals surface area contributed by atoms with Gasteiger partial charge < -0.3 is 9.84 Å². The highest BCUT2D eigenvalue weighted by Crippen LogP contribution is 2.40. The van der Waals surface area contributed by atoms with Gasteiger partial charge >= 0.3 is 0 Å². The first-order valence-electron chi connectivity index (χ1n) is 6.51. The first-order chi connectivity index (χ1) is 9.93. The quantitative estimate of drug-likeness (QED) is 0.935. The van der Waals surface area contributed by atoms with Gasteiger partial charge in [0, 0.05) is 23.9 Å². The summed E-state index contributed by atoms with van der Waals surface area (Å²) in [5.74, 6) is 0.689. The van der Waals surface area contributed by atoms with Crippen LogP contribution in [-0.2, 0) is 9.84 Å². The fourth-order valence-corrected chi connectivity index (χ4v) is 2.62. The Bertz CT molecular complexity index is 791. The minimum atomic E-state index is -3.31. The number of aromatic nitrogens is 1. The van der Waals surface area contributed by atoms with Crippen molar-refractivity contribution >= 4 is 21.4 Å². The number of rotatable bonds is 4. The maximum atomic E-state index is 12.0. The Hall–Kier alpha value is -2.15. The van der Waals surface area contributed by atoms with Crippen LogP contribution in [0.1, 0.15) is 35.0 Å². The van der Waals surface area contributed by atoms with Crippen LogP contribution < -0.4 is 5.32 Å². The van der Waals surface area contributed by atoms with E-state index in [1.54, 1.807) is 18.2 Å². The van der Waals surface area contributed by atoms with Crippen LogP contribution in [0, 0.1) is 0 Å². The molecule has 1 saturated carbocycles. The number of nitrogens with one attached hydrogen (secondary N) is 1. The lowest BCUT2D eigenvalue weighted by atomic mass is 10.2. The van der Waals surface area contributed by atoms with Crippen molar-refractivity contribution in [1.29, 1.82) is 0 Å². The zero-order valence-corrected chi connectivity index (χ0v) is 12.2. The molecule has 0 bridgehead atoms. The number of carbonyl (C=O) groups is 1. The Morgan fingerprint density at radius 1 is 1.33 bits per heavy atom. The van der Waals surface area contributed by atoms with E-state index in [1.807, 2.05) is 0 Å². The molecule has 0 saturated heterocycles. The van der Waals surface area contributed by atoms with E-state index in [-0.39, 0.29) is 10.6 Å². The molecular weight excluding hydrogens is 292 g/mol. The van der Waals surface area contributed by atoms with Crippen LogP contribution in [0.4, 0.5) is 5.69 Å². The van der Waals surface area contributed by atoms with Crippen LogP contribution >= 0.6 is 0 Å². The van der Waals surface area contributed by atoms with Gasteiger partial charge in [-0.15, -0.1) is 0 Å². The van der Waals surface area contributed by atoms with Gasteiger partial charge in [0.15, 0.2) is 15.5 Å². The largest absolute Gasteiger partial charge is 0.360 e. The fraction of sp³-hybridized carbons (Fsp3) is 0.286. The lowest BCUT2D eigenvalue weighted by Crippen LogP contribution is -2.12. The molecular formula is C14H14N2O4S. The van der Waals surface area contributed by atoms with E-state index >= 15 is 0 Å². The number of amides is 1. The molecule has 1 aromatic carbocycles. The van der Waals surface area contributed by atoms with E-state index in [0.717, 1.165) is 24.9 Å². The SMILES string of the molecule is CS(=O)(=O)c1cccc(NC(=O)c2cc(C3CC3)on2)c1. The van der Waals surface area contributed by atoms with Crippen molar-refractivity contribution in [3.05, 3.63) is 41.8 Å². The van der Waals surface area contributed by atoms with Gasteiger partial charge in [0.1, 0.15) is 5.76 Å². The smallest absolute Gasteiger partial charge is 0.277 e. The summed E-state index contributed by atoms with van der Waals surface area (Å²) in [5, 5.41) is 6.36. The van der Waals surface area contributed by atoms with Gasteiger partial charge in [-0.3, -0.25) is 4.79 Å². The van der Waals surface area contributed by atoms with Crippen LogP contribution in [0.3, 0.4) is 0 Å². The zero-order chi connectivity index (χ0) is 15.0. The van der Waals surface area contributed by atoms with Crippen LogP contribution in [0.5, 0.6) is 0 Å². The molecule has 0 unspecified atom stereocenters. The van der Waals surface area contributed by atoms with Crippen molar-refractivity contribution in [3.63, 3.8) is 0 Å². The zero-order valence-electron chi connectivity index (χ0n) is 11.4. The second kappa shape index (κ2) is 5.00. The summed E-state index contributed by atoms with van der Waals surface area (Å²) in [7, 11) is -3.31. The molecule has 21 heavy (non-hydrogen) atoms. The Balaban J connectivity index is 1.77. The number of benzene rings is 1. The molecule has 7 heteroatoms. The van der Waals surface area contributed by atoms with Crippen molar-refractivity contribution in [2.75, 3.05) is 11.6 Å². The maximum absolute atomic E-state index is 12.0. The van der Waals surface area contributed by atoms with Crippen molar-refractivity contribution in [1.82, 2.24) is 5.16 Å². The van der Waals surface area contributed by atoms with E-state index in [0.29, 0.717) is 11.6 Å². The molecule has 6 nitrogen and oxygen atoms in total. The number of anilines is 1. The molecule has 1 heterocycles. The highest BCUT2D eigenvalue weighted by atomic mass is 32.2. The second-order valence-electron chi connectivity index (χ2n) is 5.14.